The summed E-state index contributed by atoms with van der Waals surface area (Å²) in [7, 11) is -3.74. The van der Waals surface area contributed by atoms with Crippen LogP contribution in [0.1, 0.15) is 29.6 Å². The number of aromatic nitrogens is 1. The lowest BCUT2D eigenvalue weighted by molar-refractivity contribution is 0.0864. The minimum atomic E-state index is -3.74. The Bertz CT molecular complexity index is 624. The zero-order valence-corrected chi connectivity index (χ0v) is 11.9. The van der Waals surface area contributed by atoms with Crippen LogP contribution in [0.25, 0.3) is 0 Å². The average molecular weight is 295 g/mol. The molecule has 20 heavy (non-hydrogen) atoms. The molecule has 0 spiro atoms. The largest absolute Gasteiger partial charge is 0.316 e. The van der Waals surface area contributed by atoms with E-state index in [-0.39, 0.29) is 17.1 Å². The highest BCUT2D eigenvalue weighted by molar-refractivity contribution is 7.90. The number of pyridine rings is 1. The van der Waals surface area contributed by atoms with Gasteiger partial charge >= 0.3 is 0 Å². The van der Waals surface area contributed by atoms with E-state index < -0.39 is 15.9 Å². The third-order valence-corrected chi connectivity index (χ3v) is 5.64. The van der Waals surface area contributed by atoms with Crippen molar-refractivity contribution in [3.63, 3.8) is 0 Å². The molecule has 0 radical (unpaired) electrons. The molecule has 3 heterocycles. The molecule has 1 atom stereocenters. The Morgan fingerprint density at radius 3 is 3.00 bits per heavy atom. The maximum absolute atomic E-state index is 12.3. The van der Waals surface area contributed by atoms with Gasteiger partial charge in [0.25, 0.3) is 15.9 Å². The van der Waals surface area contributed by atoms with Crippen molar-refractivity contribution in [2.24, 2.45) is 5.92 Å². The van der Waals surface area contributed by atoms with Crippen LogP contribution in [-0.2, 0) is 10.0 Å². The number of rotatable bonds is 3. The molecule has 108 valence electrons. The van der Waals surface area contributed by atoms with Crippen molar-refractivity contribution in [1.29, 1.82) is 0 Å². The van der Waals surface area contributed by atoms with E-state index in [0.29, 0.717) is 12.3 Å². The molecule has 1 saturated heterocycles. The highest BCUT2D eigenvalue weighted by Crippen LogP contribution is 2.29. The fraction of sp³-hybridized carbons (Fsp3) is 0.538. The number of amides is 1. The number of carbonyl (C=O) groups excluding carboxylic acids is 1. The third kappa shape index (κ3) is 2.20. The summed E-state index contributed by atoms with van der Waals surface area (Å²) in [6.07, 6.45) is 4.29. The Kier molecular flexibility index (Phi) is 3.47. The fourth-order valence-corrected chi connectivity index (χ4v) is 4.30. The first kappa shape index (κ1) is 13.5. The van der Waals surface area contributed by atoms with E-state index in [0.717, 1.165) is 30.2 Å². The quantitative estimate of drug-likeness (QED) is 0.884. The number of nitrogens with zero attached hydrogens (tertiary/aromatic N) is 2. The van der Waals surface area contributed by atoms with Gasteiger partial charge in [-0.05, 0) is 50.4 Å². The van der Waals surface area contributed by atoms with Crippen LogP contribution >= 0.6 is 0 Å². The van der Waals surface area contributed by atoms with E-state index in [4.69, 9.17) is 0 Å². The molecule has 3 rings (SSSR count). The molecule has 0 aliphatic carbocycles. The van der Waals surface area contributed by atoms with Crippen LogP contribution in [0.2, 0.25) is 0 Å². The van der Waals surface area contributed by atoms with E-state index in [9.17, 15) is 13.2 Å². The molecule has 2 aliphatic rings. The van der Waals surface area contributed by atoms with Gasteiger partial charge in [0.1, 0.15) is 0 Å². The third-order valence-electron chi connectivity index (χ3n) is 3.90. The smallest absolute Gasteiger partial charge is 0.285 e. The normalized spacial score (nSPS) is 24.7. The number of fused-ring (bicyclic) bond motifs is 1. The van der Waals surface area contributed by atoms with E-state index in [1.165, 1.54) is 12.3 Å². The van der Waals surface area contributed by atoms with Crippen molar-refractivity contribution in [3.05, 3.63) is 23.9 Å². The highest BCUT2D eigenvalue weighted by Gasteiger charge is 2.42. The van der Waals surface area contributed by atoms with Gasteiger partial charge in [0.15, 0.2) is 5.03 Å². The standard InChI is InChI=1S/C13H17N3O3S/c17-13-11-4-2-7-15-12(11)20(18,19)16(13)8-5-10-3-1-6-14-9-10/h2,4,7,10,14H,1,3,5-6,8-9H2. The molecule has 1 unspecified atom stereocenters. The van der Waals surface area contributed by atoms with Crippen molar-refractivity contribution in [2.45, 2.75) is 24.3 Å². The van der Waals surface area contributed by atoms with Gasteiger partial charge in [0.2, 0.25) is 0 Å². The van der Waals surface area contributed by atoms with E-state index >= 15 is 0 Å². The summed E-state index contributed by atoms with van der Waals surface area (Å²) < 4.78 is 25.6. The van der Waals surface area contributed by atoms with Crippen LogP contribution in [0.15, 0.2) is 23.4 Å². The summed E-state index contributed by atoms with van der Waals surface area (Å²) in [5.41, 5.74) is 0.189. The Labute approximate surface area is 118 Å². The van der Waals surface area contributed by atoms with E-state index in [2.05, 4.69) is 10.3 Å². The molecule has 1 fully saturated rings. The van der Waals surface area contributed by atoms with Gasteiger partial charge in [0, 0.05) is 12.7 Å². The molecular weight excluding hydrogens is 278 g/mol. The van der Waals surface area contributed by atoms with Gasteiger partial charge in [-0.2, -0.15) is 8.42 Å². The summed E-state index contributed by atoms with van der Waals surface area (Å²) in [5.74, 6) is -0.0136. The molecule has 0 bridgehead atoms. The first-order valence-electron chi connectivity index (χ1n) is 6.83. The van der Waals surface area contributed by atoms with Gasteiger partial charge in [-0.25, -0.2) is 9.29 Å². The van der Waals surface area contributed by atoms with Crippen LogP contribution in [0, 0.1) is 5.92 Å². The molecule has 1 aromatic rings. The summed E-state index contributed by atoms with van der Waals surface area (Å²) in [5, 5.41) is 3.19. The molecule has 0 saturated carbocycles. The Hall–Kier alpha value is -1.47. The average Bonchev–Trinajstić information content (AvgIpc) is 2.66. The number of piperidine rings is 1. The van der Waals surface area contributed by atoms with Crippen molar-refractivity contribution in [3.8, 4) is 0 Å². The number of nitrogens with one attached hydrogen (secondary N) is 1. The first-order valence-corrected chi connectivity index (χ1v) is 8.27. The molecule has 0 aromatic carbocycles. The van der Waals surface area contributed by atoms with E-state index in [1.54, 1.807) is 6.07 Å². The monoisotopic (exact) mass is 295 g/mol. The summed E-state index contributed by atoms with van der Waals surface area (Å²) >= 11 is 0. The maximum atomic E-state index is 12.3. The Morgan fingerprint density at radius 2 is 2.30 bits per heavy atom. The topological polar surface area (TPSA) is 79.4 Å². The molecule has 6 nitrogen and oxygen atoms in total. The zero-order valence-electron chi connectivity index (χ0n) is 11.1. The van der Waals surface area contributed by atoms with Gasteiger partial charge in [-0.15, -0.1) is 0 Å². The summed E-state index contributed by atoms with van der Waals surface area (Å²) in [6, 6.07) is 3.10. The van der Waals surface area contributed by atoms with Crippen LogP contribution in [-0.4, -0.2) is 43.2 Å². The molecule has 1 amide bonds. The lowest BCUT2D eigenvalue weighted by atomic mass is 9.96. The van der Waals surface area contributed by atoms with Gasteiger partial charge in [-0.1, -0.05) is 0 Å². The molecule has 2 aliphatic heterocycles. The number of carbonyl (C=O) groups is 1. The van der Waals surface area contributed by atoms with Gasteiger partial charge < -0.3 is 5.32 Å². The van der Waals surface area contributed by atoms with Gasteiger partial charge in [0.05, 0.1) is 5.56 Å². The number of sulfonamides is 1. The fourth-order valence-electron chi connectivity index (χ4n) is 2.80. The SMILES string of the molecule is O=C1c2cccnc2S(=O)(=O)N1CCC1CCCNC1. The highest BCUT2D eigenvalue weighted by atomic mass is 32.2. The summed E-state index contributed by atoms with van der Waals surface area (Å²) in [4.78, 5) is 16.0. The number of hydrogen-bond acceptors (Lipinski definition) is 5. The Morgan fingerprint density at radius 1 is 1.45 bits per heavy atom. The predicted octanol–water partition coefficient (Wildman–Crippen LogP) is 0.616. The number of hydrogen-bond donors (Lipinski definition) is 1. The lowest BCUT2D eigenvalue weighted by Gasteiger charge is -2.24. The van der Waals surface area contributed by atoms with Crippen molar-refractivity contribution < 1.29 is 13.2 Å². The van der Waals surface area contributed by atoms with Crippen molar-refractivity contribution >= 4 is 15.9 Å². The van der Waals surface area contributed by atoms with E-state index in [1.807, 2.05) is 0 Å². The molecule has 7 heteroatoms. The summed E-state index contributed by atoms with van der Waals surface area (Å²) in [6.45, 7) is 2.16. The van der Waals surface area contributed by atoms with Crippen LogP contribution < -0.4 is 5.32 Å². The minimum absolute atomic E-state index is 0.105. The van der Waals surface area contributed by atoms with Crippen molar-refractivity contribution in [2.75, 3.05) is 19.6 Å². The maximum Gasteiger partial charge on any atom is 0.285 e. The van der Waals surface area contributed by atoms with Crippen LogP contribution in [0.4, 0.5) is 0 Å². The molecule has 1 N–H and O–H groups in total. The molecule has 1 aromatic heterocycles. The predicted molar refractivity (Wildman–Crippen MR) is 72.7 cm³/mol. The molecular formula is C13H17N3O3S. The zero-order chi connectivity index (χ0) is 14.2. The van der Waals surface area contributed by atoms with Crippen LogP contribution in [0.3, 0.4) is 0 Å². The first-order chi connectivity index (χ1) is 9.60. The van der Waals surface area contributed by atoms with Crippen LogP contribution in [0.5, 0.6) is 0 Å². The second kappa shape index (κ2) is 5.14. The lowest BCUT2D eigenvalue weighted by Crippen LogP contribution is -2.35. The minimum Gasteiger partial charge on any atom is -0.316 e. The van der Waals surface area contributed by atoms with Gasteiger partial charge in [-0.3, -0.25) is 4.79 Å². The second-order valence-electron chi connectivity index (χ2n) is 5.24. The van der Waals surface area contributed by atoms with Crippen molar-refractivity contribution in [1.82, 2.24) is 14.6 Å². The second-order valence-corrected chi connectivity index (χ2v) is 7.02. The Balaban J connectivity index is 1.76.